The zero-order valence-electron chi connectivity index (χ0n) is 35.3. The molecule has 4 aromatic carbocycles. The fraction of sp³-hybridized carbons (Fsp3) is 0.277. The summed E-state index contributed by atoms with van der Waals surface area (Å²) in [6.45, 7) is 4.08. The van der Waals surface area contributed by atoms with Gasteiger partial charge >= 0.3 is 11.9 Å². The van der Waals surface area contributed by atoms with Gasteiger partial charge in [0, 0.05) is 46.5 Å². The molecule has 6 aromatic rings. The monoisotopic (exact) mass is 851 g/mol. The fourth-order valence-corrected chi connectivity index (χ4v) is 8.01. The van der Waals surface area contributed by atoms with Crippen molar-refractivity contribution < 1.29 is 43.0 Å². The van der Waals surface area contributed by atoms with Crippen molar-refractivity contribution in [3.63, 3.8) is 0 Å². The Morgan fingerprint density at radius 1 is 0.714 bits per heavy atom. The van der Waals surface area contributed by atoms with Crippen molar-refractivity contribution in [1.29, 1.82) is 0 Å². The number of Topliss-reactive ketones (excluding diaryl/α,β-unsaturated/α-hetero) is 1. The molecule has 16 nitrogen and oxygen atoms in total. The summed E-state index contributed by atoms with van der Waals surface area (Å²) in [6, 6.07) is 28.0. The summed E-state index contributed by atoms with van der Waals surface area (Å²) in [5.41, 5.74) is 5.47. The van der Waals surface area contributed by atoms with Crippen LogP contribution in [-0.2, 0) is 28.7 Å². The molecule has 0 N–H and O–H groups in total. The average Bonchev–Trinajstić information content (AvgIpc) is 3.91. The van der Waals surface area contributed by atoms with E-state index in [1.165, 1.54) is 4.68 Å². The van der Waals surface area contributed by atoms with Crippen molar-refractivity contribution in [2.24, 2.45) is 11.0 Å². The van der Waals surface area contributed by atoms with Gasteiger partial charge in [-0.15, -0.1) is 0 Å². The summed E-state index contributed by atoms with van der Waals surface area (Å²) in [5.74, 6) is -0.584. The van der Waals surface area contributed by atoms with Crippen LogP contribution >= 0.6 is 0 Å². The van der Waals surface area contributed by atoms with Crippen molar-refractivity contribution in [2.75, 3.05) is 38.9 Å². The highest BCUT2D eigenvalue weighted by Crippen LogP contribution is 2.34. The molecular formula is C47H45N7O9. The lowest BCUT2D eigenvalue weighted by Crippen LogP contribution is -2.39. The fourth-order valence-electron chi connectivity index (χ4n) is 8.01. The minimum atomic E-state index is -0.598. The number of azo groups is 1. The standard InChI is InChI=1S/C47H45N7O9/c1-5-62-46(57)40-38-26-11-30(44(55)42(38)52(49-40)33-18-22-36(60-3)23-19-33)10-7-29-8-12-31(13-9-29)48-54(59)35-16-14-32(15-17-35)51-28-27-39-41(47(58)63-6-2)50-53(43(39)45(51)56)34-20-24-37(61-4)25-21-34/h8-9,12-25,30H,5-7,10-11,26-28H2,1-4H3/b54-48-. The van der Waals surface area contributed by atoms with Gasteiger partial charge < -0.3 is 29.1 Å². The van der Waals surface area contributed by atoms with Crippen molar-refractivity contribution in [2.45, 2.75) is 46.0 Å². The van der Waals surface area contributed by atoms with E-state index in [1.807, 2.05) is 12.1 Å². The molecule has 0 bridgehead atoms. The zero-order valence-corrected chi connectivity index (χ0v) is 35.3. The van der Waals surface area contributed by atoms with Crippen LogP contribution in [-0.4, -0.2) is 82.0 Å². The number of carbonyl (C=O) groups is 4. The van der Waals surface area contributed by atoms with Gasteiger partial charge in [-0.25, -0.2) is 19.0 Å². The van der Waals surface area contributed by atoms with Crippen molar-refractivity contribution in [3.05, 3.63) is 142 Å². The predicted molar refractivity (Wildman–Crippen MR) is 230 cm³/mol. The Morgan fingerprint density at radius 2 is 1.24 bits per heavy atom. The molecule has 8 rings (SSSR count). The van der Waals surface area contributed by atoms with E-state index >= 15 is 0 Å². The van der Waals surface area contributed by atoms with E-state index in [-0.39, 0.29) is 60.1 Å². The van der Waals surface area contributed by atoms with E-state index in [0.717, 1.165) is 5.56 Å². The third kappa shape index (κ3) is 8.39. The topological polar surface area (TPSA) is 183 Å². The average molecular weight is 852 g/mol. The number of hydrogen-bond donors (Lipinski definition) is 0. The molecule has 2 aliphatic rings. The van der Waals surface area contributed by atoms with Gasteiger partial charge in [0.1, 0.15) is 28.6 Å². The first-order chi connectivity index (χ1) is 30.6. The molecule has 0 spiro atoms. The maximum absolute atomic E-state index is 14.1. The Kier molecular flexibility index (Phi) is 12.1. The lowest BCUT2D eigenvalue weighted by molar-refractivity contribution is -0.435. The summed E-state index contributed by atoms with van der Waals surface area (Å²) >= 11 is 0. The number of aryl methyl sites for hydroxylation is 1. The number of nitrogens with zero attached hydrogens (tertiary/aromatic N) is 7. The zero-order chi connectivity index (χ0) is 44.2. The number of hydrogen-bond acceptors (Lipinski definition) is 12. The first-order valence-electron chi connectivity index (χ1n) is 20.7. The molecule has 1 amide bonds. The van der Waals surface area contributed by atoms with Crippen LogP contribution in [0.15, 0.2) is 102 Å². The van der Waals surface area contributed by atoms with E-state index < -0.39 is 11.9 Å². The van der Waals surface area contributed by atoms with E-state index in [2.05, 4.69) is 15.3 Å². The van der Waals surface area contributed by atoms with Gasteiger partial charge in [-0.1, -0.05) is 17.0 Å². The normalized spacial score (nSPS) is 14.8. The Morgan fingerprint density at radius 3 is 1.78 bits per heavy atom. The second kappa shape index (κ2) is 18.2. The number of fused-ring (bicyclic) bond motifs is 2. The quantitative estimate of drug-likeness (QED) is 0.0449. The van der Waals surface area contributed by atoms with Crippen LogP contribution in [0.5, 0.6) is 11.5 Å². The second-order valence-electron chi connectivity index (χ2n) is 14.9. The van der Waals surface area contributed by atoms with Gasteiger partial charge in [0.15, 0.2) is 17.2 Å². The van der Waals surface area contributed by atoms with Crippen molar-refractivity contribution >= 4 is 40.7 Å². The number of esters is 2. The second-order valence-corrected chi connectivity index (χ2v) is 14.9. The summed E-state index contributed by atoms with van der Waals surface area (Å²) in [4.78, 5) is 56.0. The number of aromatic nitrogens is 4. The molecule has 16 heteroatoms. The molecule has 322 valence electrons. The number of amides is 1. The van der Waals surface area contributed by atoms with E-state index in [1.54, 1.807) is 123 Å². The van der Waals surface area contributed by atoms with Crippen LogP contribution in [0.4, 0.5) is 17.1 Å². The SMILES string of the molecule is CCOC(=O)c1nn(-c2ccc(OC)cc2)c2c1CCC(CCc1ccc(/N=[N+](\[O-])c3ccc(N4CCc5c(C(=O)OCC)nn(-c6ccc(OC)cc6)c5C4=O)cc3)cc1)C2=O. The molecule has 63 heavy (non-hydrogen) atoms. The molecule has 1 unspecified atom stereocenters. The Bertz CT molecular complexity index is 2700. The van der Waals surface area contributed by atoms with E-state index in [0.29, 0.717) is 88.0 Å². The summed E-state index contributed by atoms with van der Waals surface area (Å²) in [6.07, 6.45) is 2.63. The van der Waals surface area contributed by atoms with Crippen molar-refractivity contribution in [3.8, 4) is 22.9 Å². The number of ether oxygens (including phenoxy) is 4. The lowest BCUT2D eigenvalue weighted by Gasteiger charge is -2.27. The Labute approximate surface area is 362 Å². The highest BCUT2D eigenvalue weighted by atomic mass is 16.5. The Hall–Kier alpha value is -7.62. The van der Waals surface area contributed by atoms with Crippen molar-refractivity contribution in [1.82, 2.24) is 19.6 Å². The van der Waals surface area contributed by atoms with Crippen LogP contribution in [0.1, 0.15) is 85.3 Å². The first-order valence-corrected chi connectivity index (χ1v) is 20.7. The molecule has 1 aliphatic carbocycles. The number of rotatable bonds is 14. The van der Waals surface area contributed by atoms with Gasteiger partial charge in [0.05, 0.1) is 38.8 Å². The van der Waals surface area contributed by atoms with Crippen LogP contribution in [0.25, 0.3) is 11.4 Å². The number of methoxy groups -OCH3 is 2. The van der Waals surface area contributed by atoms with Gasteiger partial charge in [-0.05, 0) is 124 Å². The lowest BCUT2D eigenvalue weighted by atomic mass is 9.82. The number of carbonyl (C=O) groups excluding carboxylic acids is 4. The third-order valence-electron chi connectivity index (χ3n) is 11.2. The highest BCUT2D eigenvalue weighted by molar-refractivity contribution is 6.09. The maximum Gasteiger partial charge on any atom is 0.359 e. The van der Waals surface area contributed by atoms with E-state index in [4.69, 9.17) is 18.9 Å². The van der Waals surface area contributed by atoms with E-state index in [9.17, 15) is 24.4 Å². The third-order valence-corrected chi connectivity index (χ3v) is 11.2. The Balaban J connectivity index is 0.939. The molecule has 0 fully saturated rings. The molecule has 3 heterocycles. The maximum atomic E-state index is 14.1. The highest BCUT2D eigenvalue weighted by Gasteiger charge is 2.37. The minimum Gasteiger partial charge on any atom is -0.594 e. The van der Waals surface area contributed by atoms with Crippen LogP contribution in [0.2, 0.25) is 0 Å². The summed E-state index contributed by atoms with van der Waals surface area (Å²) < 4.78 is 24.1. The predicted octanol–water partition coefficient (Wildman–Crippen LogP) is 7.94. The smallest absolute Gasteiger partial charge is 0.359 e. The van der Waals surface area contributed by atoms with Crippen LogP contribution in [0.3, 0.4) is 0 Å². The minimum absolute atomic E-state index is 0.0764. The number of benzene rings is 4. The van der Waals surface area contributed by atoms with Crippen LogP contribution in [0, 0.1) is 11.1 Å². The molecule has 0 saturated carbocycles. The molecule has 1 atom stereocenters. The largest absolute Gasteiger partial charge is 0.594 e. The van der Waals surface area contributed by atoms with Crippen LogP contribution < -0.4 is 14.4 Å². The number of anilines is 1. The van der Waals surface area contributed by atoms with Gasteiger partial charge in [0.25, 0.3) is 5.91 Å². The molecule has 0 radical (unpaired) electrons. The molecule has 0 saturated heterocycles. The summed E-state index contributed by atoms with van der Waals surface area (Å²) in [7, 11) is 3.13. The molecule has 2 aromatic heterocycles. The molecule has 1 aliphatic heterocycles. The van der Waals surface area contributed by atoms with Gasteiger partial charge in [0.2, 0.25) is 5.69 Å². The van der Waals surface area contributed by atoms with Gasteiger partial charge in [-0.3, -0.25) is 9.59 Å². The first kappa shape index (κ1) is 42.1. The summed E-state index contributed by atoms with van der Waals surface area (Å²) in [5, 5.41) is 26.5. The molecular weight excluding hydrogens is 807 g/mol. The van der Waals surface area contributed by atoms with Gasteiger partial charge in [-0.2, -0.15) is 10.2 Å². The number of ketones is 1.